The van der Waals surface area contributed by atoms with E-state index in [1.165, 1.54) is 18.2 Å². The number of carbonyl (C=O) groups is 1. The molecule has 256 valence electrons. The van der Waals surface area contributed by atoms with Crippen LogP contribution < -0.4 is 9.47 Å². The molecule has 4 aliphatic rings. The predicted octanol–water partition coefficient (Wildman–Crippen LogP) is 5.01. The van der Waals surface area contributed by atoms with E-state index in [4.69, 9.17) is 14.2 Å². The maximum Gasteiger partial charge on any atom is 0.422 e. The fourth-order valence-electron chi connectivity index (χ4n) is 7.55. The van der Waals surface area contributed by atoms with Gasteiger partial charge in [0.1, 0.15) is 11.9 Å². The quantitative estimate of drug-likeness (QED) is 0.299. The Balaban J connectivity index is 1.24. The van der Waals surface area contributed by atoms with Gasteiger partial charge in [-0.05, 0) is 36.8 Å². The van der Waals surface area contributed by atoms with Gasteiger partial charge in [0.15, 0.2) is 6.61 Å². The number of fused-ring (bicyclic) bond motifs is 1. The van der Waals surface area contributed by atoms with Crippen molar-refractivity contribution in [2.45, 2.75) is 68.4 Å². The molecule has 2 aromatic carbocycles. The van der Waals surface area contributed by atoms with Gasteiger partial charge in [0.05, 0.1) is 12.7 Å². The van der Waals surface area contributed by atoms with Gasteiger partial charge in [0.25, 0.3) is 5.91 Å². The third-order valence-corrected chi connectivity index (χ3v) is 9.93. The fraction of sp³-hybridized carbons (Fsp3) is 0.528. The Morgan fingerprint density at radius 3 is 2.23 bits per heavy atom. The number of ether oxygens (including phenoxy) is 3. The van der Waals surface area contributed by atoms with Crippen molar-refractivity contribution in [1.29, 1.82) is 0 Å². The zero-order chi connectivity index (χ0) is 33.3. The molecular formula is C36H42F3N5O4. The van der Waals surface area contributed by atoms with Crippen molar-refractivity contribution in [3.05, 3.63) is 83.2 Å². The van der Waals surface area contributed by atoms with Crippen molar-refractivity contribution in [3.8, 4) is 11.8 Å². The van der Waals surface area contributed by atoms with Crippen LogP contribution in [0.4, 0.5) is 13.2 Å². The summed E-state index contributed by atoms with van der Waals surface area (Å²) in [4.78, 5) is 29.4. The third kappa shape index (κ3) is 7.30. The number of methoxy groups -OCH3 is 1. The van der Waals surface area contributed by atoms with Gasteiger partial charge >= 0.3 is 6.18 Å². The normalized spacial score (nSPS) is 23.7. The van der Waals surface area contributed by atoms with Gasteiger partial charge in [-0.15, -0.1) is 0 Å². The van der Waals surface area contributed by atoms with E-state index in [1.807, 2.05) is 17.0 Å². The molecule has 1 aromatic heterocycles. The van der Waals surface area contributed by atoms with E-state index >= 15 is 0 Å². The molecular weight excluding hydrogens is 623 g/mol. The Morgan fingerprint density at radius 2 is 1.62 bits per heavy atom. The first-order valence-corrected chi connectivity index (χ1v) is 16.9. The van der Waals surface area contributed by atoms with Crippen LogP contribution in [0.2, 0.25) is 0 Å². The van der Waals surface area contributed by atoms with Gasteiger partial charge < -0.3 is 19.1 Å². The molecule has 3 aliphatic heterocycles. The summed E-state index contributed by atoms with van der Waals surface area (Å²) in [7, 11) is 1.48. The highest BCUT2D eigenvalue weighted by atomic mass is 19.4. The molecule has 0 N–H and O–H groups in total. The average Bonchev–Trinajstić information content (AvgIpc) is 3.81. The molecule has 4 heterocycles. The topological polar surface area (TPSA) is 80.3 Å². The lowest BCUT2D eigenvalue weighted by Gasteiger charge is -2.53. The third-order valence-electron chi connectivity index (χ3n) is 9.93. The van der Waals surface area contributed by atoms with Crippen molar-refractivity contribution < 1.29 is 32.2 Å². The summed E-state index contributed by atoms with van der Waals surface area (Å²) in [6, 6.07) is 20.8. The fourth-order valence-corrected chi connectivity index (χ4v) is 7.55. The summed E-state index contributed by atoms with van der Waals surface area (Å²) < 4.78 is 57.0. The predicted molar refractivity (Wildman–Crippen MR) is 172 cm³/mol. The first-order valence-electron chi connectivity index (χ1n) is 16.9. The summed E-state index contributed by atoms with van der Waals surface area (Å²) >= 11 is 0. The van der Waals surface area contributed by atoms with Gasteiger partial charge in [-0.3, -0.25) is 14.6 Å². The number of amides is 1. The van der Waals surface area contributed by atoms with Gasteiger partial charge in [0, 0.05) is 69.8 Å². The number of benzene rings is 2. The van der Waals surface area contributed by atoms with Crippen molar-refractivity contribution in [3.63, 3.8) is 0 Å². The van der Waals surface area contributed by atoms with Gasteiger partial charge in [0.2, 0.25) is 11.8 Å². The Hall–Kier alpha value is -3.74. The van der Waals surface area contributed by atoms with Gasteiger partial charge in [-0.2, -0.15) is 23.1 Å². The highest BCUT2D eigenvalue weighted by molar-refractivity contribution is 5.81. The Morgan fingerprint density at radius 1 is 0.938 bits per heavy atom. The molecule has 3 aromatic rings. The molecule has 7 rings (SSSR count). The summed E-state index contributed by atoms with van der Waals surface area (Å²) in [5.74, 6) is 0.762. The minimum Gasteiger partial charge on any atom is -0.481 e. The number of hydrogen-bond acceptors (Lipinski definition) is 8. The first-order chi connectivity index (χ1) is 23.3. The van der Waals surface area contributed by atoms with Crippen LogP contribution in [0.15, 0.2) is 60.7 Å². The SMILES string of the molecule is COc1nc(C2CC2)nc(OCC(F)(F)F)c1CN1C[C@@H]2CN(C(=O)[C@H]3CCCO3)CCN2[C@H](C(c2ccccc2)c2ccccc2)C1. The number of piperazine rings is 2. The average molecular weight is 666 g/mol. The molecule has 3 atom stereocenters. The van der Waals surface area contributed by atoms with E-state index in [2.05, 4.69) is 68.3 Å². The molecule has 0 bridgehead atoms. The maximum atomic E-state index is 13.5. The summed E-state index contributed by atoms with van der Waals surface area (Å²) in [5, 5.41) is 0. The lowest BCUT2D eigenvalue weighted by atomic mass is 9.81. The Labute approximate surface area is 279 Å². The van der Waals surface area contributed by atoms with Crippen molar-refractivity contribution in [2.24, 2.45) is 0 Å². The molecule has 1 saturated carbocycles. The smallest absolute Gasteiger partial charge is 0.422 e. The monoisotopic (exact) mass is 665 g/mol. The van der Waals surface area contributed by atoms with E-state index in [0.29, 0.717) is 50.7 Å². The number of carbonyl (C=O) groups excluding carboxylic acids is 1. The number of nitrogens with zero attached hydrogens (tertiary/aromatic N) is 5. The van der Waals surface area contributed by atoms with Crippen LogP contribution >= 0.6 is 0 Å². The molecule has 0 unspecified atom stereocenters. The van der Waals surface area contributed by atoms with E-state index < -0.39 is 18.9 Å². The number of halogens is 3. The van der Waals surface area contributed by atoms with E-state index in [1.54, 1.807) is 0 Å². The second-order valence-electron chi connectivity index (χ2n) is 13.3. The lowest BCUT2D eigenvalue weighted by Crippen LogP contribution is -2.67. The van der Waals surface area contributed by atoms with Crippen LogP contribution in [0.3, 0.4) is 0 Å². The number of rotatable bonds is 10. The van der Waals surface area contributed by atoms with Crippen LogP contribution in [0.1, 0.15) is 60.0 Å². The van der Waals surface area contributed by atoms with Crippen molar-refractivity contribution in [2.75, 3.05) is 53.0 Å². The minimum atomic E-state index is -4.52. The summed E-state index contributed by atoms with van der Waals surface area (Å²) in [6.07, 6.45) is -1.53. The Kier molecular flexibility index (Phi) is 9.57. The van der Waals surface area contributed by atoms with Crippen LogP contribution in [-0.4, -0.2) is 108 Å². The van der Waals surface area contributed by atoms with Gasteiger partial charge in [-0.1, -0.05) is 60.7 Å². The first kappa shape index (κ1) is 32.8. The molecule has 9 nitrogen and oxygen atoms in total. The molecule has 4 fully saturated rings. The minimum absolute atomic E-state index is 0.00530. The zero-order valence-corrected chi connectivity index (χ0v) is 27.1. The van der Waals surface area contributed by atoms with E-state index in [0.717, 1.165) is 25.7 Å². The van der Waals surface area contributed by atoms with Crippen LogP contribution in [-0.2, 0) is 16.1 Å². The number of hydrogen-bond donors (Lipinski definition) is 0. The van der Waals surface area contributed by atoms with Crippen molar-refractivity contribution in [1.82, 2.24) is 24.7 Å². The van der Waals surface area contributed by atoms with Crippen molar-refractivity contribution >= 4 is 5.91 Å². The number of alkyl halides is 3. The largest absolute Gasteiger partial charge is 0.481 e. The second kappa shape index (κ2) is 14.0. The standard InChI is InChI=1S/C36H42F3N5O4/c1-46-33-28(34(48-23-36(37,38)39)41-32(40-33)26-14-15-26)21-42-19-27-20-43(35(45)30-13-8-18-47-30)16-17-44(27)29(22-42)31(24-9-4-2-5-10-24)25-11-6-3-7-12-25/h2-7,9-12,26-27,29-31H,8,13-23H2,1H3/t27-,29+,30-/m1/s1. The summed E-state index contributed by atoms with van der Waals surface area (Å²) in [6.45, 7) is 2.46. The second-order valence-corrected chi connectivity index (χ2v) is 13.3. The van der Waals surface area contributed by atoms with Crippen LogP contribution in [0, 0.1) is 0 Å². The highest BCUT2D eigenvalue weighted by Crippen LogP contribution is 2.42. The highest BCUT2D eigenvalue weighted by Gasteiger charge is 2.44. The maximum absolute atomic E-state index is 13.5. The molecule has 3 saturated heterocycles. The van der Waals surface area contributed by atoms with Gasteiger partial charge in [-0.25, -0.2) is 0 Å². The van der Waals surface area contributed by atoms with E-state index in [9.17, 15) is 18.0 Å². The molecule has 1 amide bonds. The molecule has 12 heteroatoms. The lowest BCUT2D eigenvalue weighted by molar-refractivity contribution is -0.154. The van der Waals surface area contributed by atoms with E-state index in [-0.39, 0.29) is 48.1 Å². The zero-order valence-electron chi connectivity index (χ0n) is 27.1. The van der Waals surface area contributed by atoms with Crippen LogP contribution in [0.5, 0.6) is 11.8 Å². The van der Waals surface area contributed by atoms with Crippen LogP contribution in [0.25, 0.3) is 0 Å². The Bertz CT molecular complexity index is 1510. The molecule has 0 spiro atoms. The number of aromatic nitrogens is 2. The summed E-state index contributed by atoms with van der Waals surface area (Å²) in [5.41, 5.74) is 2.75. The molecule has 48 heavy (non-hydrogen) atoms. The molecule has 1 aliphatic carbocycles. The molecule has 0 radical (unpaired) electrons.